The van der Waals surface area contributed by atoms with Gasteiger partial charge in [0, 0.05) is 6.20 Å². The lowest BCUT2D eigenvalue weighted by Crippen LogP contribution is -2.11. The van der Waals surface area contributed by atoms with Crippen LogP contribution in [0.4, 0.5) is 0 Å². The number of pyridine rings is 1. The number of carbonyl (C=O) groups excluding carboxylic acids is 1. The van der Waals surface area contributed by atoms with E-state index in [4.69, 9.17) is 5.73 Å². The van der Waals surface area contributed by atoms with Crippen molar-refractivity contribution in [2.75, 3.05) is 0 Å². The molecule has 0 bridgehead atoms. The van der Waals surface area contributed by atoms with Crippen LogP contribution < -0.4 is 5.73 Å². The Balaban J connectivity index is 2.91. The zero-order valence-corrected chi connectivity index (χ0v) is 5.78. The van der Waals surface area contributed by atoms with Gasteiger partial charge in [0.15, 0.2) is 0 Å². The maximum absolute atomic E-state index is 10.5. The summed E-state index contributed by atoms with van der Waals surface area (Å²) in [5.41, 5.74) is 5.68. The van der Waals surface area contributed by atoms with Crippen LogP contribution in [-0.2, 0) is 11.7 Å². The van der Waals surface area contributed by atoms with Crippen molar-refractivity contribution in [2.24, 2.45) is 5.73 Å². The van der Waals surface area contributed by atoms with Crippen molar-refractivity contribution in [3.8, 4) is 0 Å². The van der Waals surface area contributed by atoms with Crippen molar-refractivity contribution < 1.29 is 9.90 Å². The molecule has 0 saturated carbocycles. The minimum absolute atomic E-state index is 0.321. The molecule has 0 aliphatic rings. The average molecular weight is 151 g/mol. The van der Waals surface area contributed by atoms with E-state index in [2.05, 4.69) is 4.98 Å². The second-order valence-electron chi connectivity index (χ2n) is 2.05. The molecule has 0 aliphatic carbocycles. The molecule has 0 saturated heterocycles. The quantitative estimate of drug-likeness (QED) is 0.651. The highest BCUT2D eigenvalue weighted by atomic mass is 16.3. The summed E-state index contributed by atoms with van der Waals surface area (Å²) in [6.07, 6.45) is 1.30. The van der Waals surface area contributed by atoms with Crippen molar-refractivity contribution in [3.05, 3.63) is 29.6 Å². The standard InChI is InChI=1S/C7H7N2O2/c8-7(11)5-1-2-6(4-10)9-3-5/h1-3H,4H2,(H2,8,11). The maximum atomic E-state index is 10.5. The first kappa shape index (κ1) is 7.68. The Morgan fingerprint density at radius 3 is 2.64 bits per heavy atom. The van der Waals surface area contributed by atoms with Crippen LogP contribution >= 0.6 is 0 Å². The molecule has 1 heterocycles. The smallest absolute Gasteiger partial charge is 0.250 e. The molecule has 0 fully saturated rings. The molecule has 0 aromatic carbocycles. The van der Waals surface area contributed by atoms with E-state index in [1.165, 1.54) is 18.3 Å². The number of amides is 1. The number of aromatic nitrogens is 1. The number of nitrogens with zero attached hydrogens (tertiary/aromatic N) is 1. The summed E-state index contributed by atoms with van der Waals surface area (Å²) in [5, 5.41) is 10.2. The summed E-state index contributed by atoms with van der Waals surface area (Å²) in [7, 11) is 0. The average Bonchev–Trinajstić information content (AvgIpc) is 2.05. The third-order valence-electron chi connectivity index (χ3n) is 1.26. The van der Waals surface area contributed by atoms with Gasteiger partial charge in [-0.2, -0.15) is 0 Å². The fraction of sp³-hybridized carbons (Fsp3) is 0.143. The van der Waals surface area contributed by atoms with Crippen molar-refractivity contribution >= 4 is 5.91 Å². The van der Waals surface area contributed by atoms with E-state index in [1.807, 2.05) is 0 Å². The van der Waals surface area contributed by atoms with Crippen molar-refractivity contribution in [1.29, 1.82) is 0 Å². The molecule has 2 N–H and O–H groups in total. The SMILES string of the molecule is NC(=O)c1ccc(C[O])nc1. The lowest BCUT2D eigenvalue weighted by Gasteiger charge is -1.94. The minimum Gasteiger partial charge on any atom is -0.366 e. The summed E-state index contributed by atoms with van der Waals surface area (Å²) in [4.78, 5) is 14.2. The predicted molar refractivity (Wildman–Crippen MR) is 37.1 cm³/mol. The number of hydrogen-bond donors (Lipinski definition) is 1. The summed E-state index contributed by atoms with van der Waals surface area (Å²) in [6.45, 7) is -0.376. The van der Waals surface area contributed by atoms with E-state index >= 15 is 0 Å². The molecule has 1 aromatic heterocycles. The molecular weight excluding hydrogens is 144 g/mol. The Hall–Kier alpha value is -1.42. The van der Waals surface area contributed by atoms with Gasteiger partial charge in [-0.15, -0.1) is 0 Å². The molecule has 0 unspecified atom stereocenters. The summed E-state index contributed by atoms with van der Waals surface area (Å²) >= 11 is 0. The lowest BCUT2D eigenvalue weighted by molar-refractivity contribution is 0.0999. The second kappa shape index (κ2) is 3.12. The zero-order valence-electron chi connectivity index (χ0n) is 5.78. The highest BCUT2D eigenvalue weighted by Crippen LogP contribution is 1.98. The van der Waals surface area contributed by atoms with Crippen LogP contribution in [0.1, 0.15) is 16.1 Å². The fourth-order valence-corrected chi connectivity index (χ4v) is 0.656. The van der Waals surface area contributed by atoms with E-state index in [9.17, 15) is 9.90 Å². The normalized spacial score (nSPS) is 9.55. The van der Waals surface area contributed by atoms with Gasteiger partial charge in [-0.1, -0.05) is 0 Å². The topological polar surface area (TPSA) is 75.9 Å². The molecule has 0 atom stereocenters. The molecule has 1 rings (SSSR count). The number of rotatable bonds is 2. The van der Waals surface area contributed by atoms with Crippen LogP contribution in [0.2, 0.25) is 0 Å². The van der Waals surface area contributed by atoms with E-state index in [0.717, 1.165) is 0 Å². The Labute approximate surface area is 63.7 Å². The van der Waals surface area contributed by atoms with Crippen LogP contribution in [0.5, 0.6) is 0 Å². The van der Waals surface area contributed by atoms with Gasteiger partial charge in [0.1, 0.15) is 6.61 Å². The molecular formula is C7H7N2O2. The Bertz CT molecular complexity index is 256. The van der Waals surface area contributed by atoms with Gasteiger partial charge in [-0.25, -0.2) is 5.11 Å². The second-order valence-corrected chi connectivity index (χ2v) is 2.05. The Morgan fingerprint density at radius 1 is 1.55 bits per heavy atom. The van der Waals surface area contributed by atoms with Gasteiger partial charge < -0.3 is 5.73 Å². The van der Waals surface area contributed by atoms with Crippen molar-refractivity contribution in [1.82, 2.24) is 4.98 Å². The Morgan fingerprint density at radius 2 is 2.27 bits per heavy atom. The van der Waals surface area contributed by atoms with Crippen LogP contribution in [-0.4, -0.2) is 10.9 Å². The molecule has 1 aromatic rings. The van der Waals surface area contributed by atoms with Crippen LogP contribution in [0.25, 0.3) is 0 Å². The molecule has 1 amide bonds. The van der Waals surface area contributed by atoms with Crippen LogP contribution in [0.3, 0.4) is 0 Å². The third kappa shape index (κ3) is 1.75. The molecule has 0 aliphatic heterocycles. The first-order chi connectivity index (χ1) is 5.24. The van der Waals surface area contributed by atoms with E-state index in [1.54, 1.807) is 0 Å². The summed E-state index contributed by atoms with van der Waals surface area (Å²) in [5.74, 6) is -0.532. The Kier molecular flexibility index (Phi) is 2.18. The number of nitrogens with two attached hydrogens (primary N) is 1. The fourth-order valence-electron chi connectivity index (χ4n) is 0.656. The largest absolute Gasteiger partial charge is 0.366 e. The molecule has 11 heavy (non-hydrogen) atoms. The highest BCUT2D eigenvalue weighted by molar-refractivity contribution is 5.92. The maximum Gasteiger partial charge on any atom is 0.250 e. The lowest BCUT2D eigenvalue weighted by atomic mass is 10.2. The van der Waals surface area contributed by atoms with E-state index in [-0.39, 0.29) is 6.61 Å². The van der Waals surface area contributed by atoms with Crippen molar-refractivity contribution in [3.63, 3.8) is 0 Å². The predicted octanol–water partition coefficient (Wildman–Crippen LogP) is 0.111. The molecule has 1 radical (unpaired) electrons. The van der Waals surface area contributed by atoms with Crippen LogP contribution in [0.15, 0.2) is 18.3 Å². The first-order valence-electron chi connectivity index (χ1n) is 3.07. The molecule has 0 spiro atoms. The molecule has 57 valence electrons. The number of primary amides is 1. The van der Waals surface area contributed by atoms with E-state index < -0.39 is 5.91 Å². The van der Waals surface area contributed by atoms with Gasteiger partial charge in [0.05, 0.1) is 11.3 Å². The van der Waals surface area contributed by atoms with Gasteiger partial charge in [-0.3, -0.25) is 9.78 Å². The number of hydrogen-bond acceptors (Lipinski definition) is 2. The van der Waals surface area contributed by atoms with Gasteiger partial charge in [-0.05, 0) is 12.1 Å². The zero-order chi connectivity index (χ0) is 8.27. The van der Waals surface area contributed by atoms with Gasteiger partial charge >= 0.3 is 0 Å². The molecule has 4 heteroatoms. The summed E-state index contributed by atoms with van der Waals surface area (Å²) in [6, 6.07) is 2.98. The first-order valence-corrected chi connectivity index (χ1v) is 3.07. The molecule has 4 nitrogen and oxygen atoms in total. The van der Waals surface area contributed by atoms with Gasteiger partial charge in [0.2, 0.25) is 5.91 Å². The van der Waals surface area contributed by atoms with Crippen LogP contribution in [0, 0.1) is 0 Å². The minimum atomic E-state index is -0.532. The highest BCUT2D eigenvalue weighted by Gasteiger charge is 1.99. The summed E-state index contributed by atoms with van der Waals surface area (Å²) < 4.78 is 0. The van der Waals surface area contributed by atoms with E-state index in [0.29, 0.717) is 11.3 Å². The number of carbonyl (C=O) groups is 1. The van der Waals surface area contributed by atoms with Crippen molar-refractivity contribution in [2.45, 2.75) is 6.61 Å². The third-order valence-corrected chi connectivity index (χ3v) is 1.26. The monoisotopic (exact) mass is 151 g/mol. The van der Waals surface area contributed by atoms with Gasteiger partial charge in [0.25, 0.3) is 0 Å².